The van der Waals surface area contributed by atoms with Gasteiger partial charge in [0.2, 0.25) is 5.89 Å². The third-order valence-electron chi connectivity index (χ3n) is 3.81. The van der Waals surface area contributed by atoms with Gasteiger partial charge >= 0.3 is 0 Å². The lowest BCUT2D eigenvalue weighted by atomic mass is 9.97. The molecule has 1 atom stereocenters. The molecule has 3 heterocycles. The maximum atomic E-state index is 5.46. The van der Waals surface area contributed by atoms with Crippen molar-refractivity contribution in [3.05, 3.63) is 34.1 Å². The van der Waals surface area contributed by atoms with Gasteiger partial charge in [-0.1, -0.05) is 19.0 Å². The van der Waals surface area contributed by atoms with Gasteiger partial charge in [0.25, 0.3) is 0 Å². The lowest BCUT2D eigenvalue weighted by molar-refractivity contribution is 0.180. The van der Waals surface area contributed by atoms with Crippen LogP contribution in [0.1, 0.15) is 55.8 Å². The number of hydrogen-bond acceptors (Lipinski definition) is 5. The van der Waals surface area contributed by atoms with Crippen molar-refractivity contribution < 1.29 is 4.52 Å². The number of thiophene rings is 1. The molecule has 1 saturated heterocycles. The van der Waals surface area contributed by atoms with E-state index in [1.54, 1.807) is 11.3 Å². The van der Waals surface area contributed by atoms with Crippen LogP contribution in [-0.2, 0) is 6.54 Å². The number of nitrogens with zero attached hydrogens (tertiary/aromatic N) is 3. The van der Waals surface area contributed by atoms with Crippen LogP contribution in [0.15, 0.2) is 21.3 Å². The zero-order chi connectivity index (χ0) is 13.9. The molecule has 20 heavy (non-hydrogen) atoms. The van der Waals surface area contributed by atoms with E-state index in [0.29, 0.717) is 11.8 Å². The summed E-state index contributed by atoms with van der Waals surface area (Å²) in [6.07, 6.45) is 2.36. The predicted octanol–water partition coefficient (Wildman–Crippen LogP) is 3.63. The molecule has 0 N–H and O–H groups in total. The molecule has 4 nitrogen and oxygen atoms in total. The Balaban J connectivity index is 1.65. The van der Waals surface area contributed by atoms with E-state index in [-0.39, 0.29) is 0 Å². The number of rotatable bonds is 4. The van der Waals surface area contributed by atoms with Gasteiger partial charge < -0.3 is 4.52 Å². The van der Waals surface area contributed by atoms with Crippen molar-refractivity contribution in [2.24, 2.45) is 0 Å². The lowest BCUT2D eigenvalue weighted by Crippen LogP contribution is -2.33. The SMILES string of the molecule is CC(C)c1noc([C@H]2CCCN(Cc3ccsc3)C2)n1. The van der Waals surface area contributed by atoms with Crippen LogP contribution in [0.2, 0.25) is 0 Å². The summed E-state index contributed by atoms with van der Waals surface area (Å²) in [4.78, 5) is 7.06. The van der Waals surface area contributed by atoms with Gasteiger partial charge in [-0.3, -0.25) is 4.90 Å². The summed E-state index contributed by atoms with van der Waals surface area (Å²) in [6.45, 7) is 7.41. The van der Waals surface area contributed by atoms with E-state index in [9.17, 15) is 0 Å². The zero-order valence-electron chi connectivity index (χ0n) is 12.1. The van der Waals surface area contributed by atoms with E-state index in [1.807, 2.05) is 0 Å². The summed E-state index contributed by atoms with van der Waals surface area (Å²) in [7, 11) is 0. The Morgan fingerprint density at radius 3 is 3.10 bits per heavy atom. The molecule has 108 valence electrons. The number of likely N-dealkylation sites (tertiary alicyclic amines) is 1. The van der Waals surface area contributed by atoms with Crippen molar-refractivity contribution in [3.8, 4) is 0 Å². The Morgan fingerprint density at radius 1 is 1.50 bits per heavy atom. The van der Waals surface area contributed by atoms with E-state index in [4.69, 9.17) is 4.52 Å². The predicted molar refractivity (Wildman–Crippen MR) is 80.0 cm³/mol. The fraction of sp³-hybridized carbons (Fsp3) is 0.600. The molecule has 3 rings (SSSR count). The minimum absolute atomic E-state index is 0.331. The molecule has 0 amide bonds. The van der Waals surface area contributed by atoms with Crippen molar-refractivity contribution in [1.29, 1.82) is 0 Å². The number of aromatic nitrogens is 2. The highest BCUT2D eigenvalue weighted by Crippen LogP contribution is 2.27. The van der Waals surface area contributed by atoms with Gasteiger partial charge in [-0.05, 0) is 41.8 Å². The van der Waals surface area contributed by atoms with Gasteiger partial charge in [0.1, 0.15) is 0 Å². The monoisotopic (exact) mass is 291 g/mol. The molecule has 0 aromatic carbocycles. The Hall–Kier alpha value is -1.20. The molecule has 0 spiro atoms. The highest BCUT2D eigenvalue weighted by molar-refractivity contribution is 7.07. The molecule has 1 aliphatic rings. The van der Waals surface area contributed by atoms with E-state index in [0.717, 1.165) is 37.8 Å². The Bertz CT molecular complexity index is 535. The summed E-state index contributed by atoms with van der Waals surface area (Å²) in [5, 5.41) is 8.46. The normalized spacial score (nSPS) is 20.6. The molecular weight excluding hydrogens is 270 g/mol. The van der Waals surface area contributed by atoms with Crippen LogP contribution < -0.4 is 0 Å². The second kappa shape index (κ2) is 6.06. The standard InChI is InChI=1S/C15H21N3OS/c1-11(2)14-16-15(19-17-14)13-4-3-6-18(9-13)8-12-5-7-20-10-12/h5,7,10-11,13H,3-4,6,8-9H2,1-2H3/t13-/m0/s1. The van der Waals surface area contributed by atoms with Crippen molar-refractivity contribution in [2.45, 2.75) is 45.1 Å². The molecule has 1 aliphatic heterocycles. The van der Waals surface area contributed by atoms with Gasteiger partial charge in [0, 0.05) is 19.0 Å². The molecule has 0 bridgehead atoms. The summed E-state index contributed by atoms with van der Waals surface area (Å²) in [5.74, 6) is 2.37. The van der Waals surface area contributed by atoms with Gasteiger partial charge in [-0.15, -0.1) is 0 Å². The minimum Gasteiger partial charge on any atom is -0.339 e. The summed E-state index contributed by atoms with van der Waals surface area (Å²) in [6, 6.07) is 2.21. The van der Waals surface area contributed by atoms with Gasteiger partial charge in [-0.25, -0.2) is 0 Å². The average molecular weight is 291 g/mol. The fourth-order valence-electron chi connectivity index (χ4n) is 2.69. The van der Waals surface area contributed by atoms with Crippen LogP contribution in [0.25, 0.3) is 0 Å². The van der Waals surface area contributed by atoms with Gasteiger partial charge in [-0.2, -0.15) is 16.3 Å². The maximum absolute atomic E-state index is 5.46. The topological polar surface area (TPSA) is 42.2 Å². The first-order valence-corrected chi connectivity index (χ1v) is 8.23. The van der Waals surface area contributed by atoms with Crippen LogP contribution in [0, 0.1) is 0 Å². The van der Waals surface area contributed by atoms with Gasteiger partial charge in [0.15, 0.2) is 5.82 Å². The van der Waals surface area contributed by atoms with Crippen molar-refractivity contribution >= 4 is 11.3 Å². The van der Waals surface area contributed by atoms with E-state index >= 15 is 0 Å². The van der Waals surface area contributed by atoms with E-state index < -0.39 is 0 Å². The van der Waals surface area contributed by atoms with Crippen molar-refractivity contribution in [3.63, 3.8) is 0 Å². The summed E-state index contributed by atoms with van der Waals surface area (Å²) >= 11 is 1.76. The molecule has 0 radical (unpaired) electrons. The first-order chi connectivity index (χ1) is 9.72. The average Bonchev–Trinajstić information content (AvgIpc) is 3.09. The third kappa shape index (κ3) is 3.10. The van der Waals surface area contributed by atoms with Crippen LogP contribution in [-0.4, -0.2) is 28.1 Å². The molecular formula is C15H21N3OS. The van der Waals surface area contributed by atoms with E-state index in [2.05, 4.69) is 45.7 Å². The number of piperidine rings is 1. The number of hydrogen-bond donors (Lipinski definition) is 0. The maximum Gasteiger partial charge on any atom is 0.231 e. The van der Waals surface area contributed by atoms with Gasteiger partial charge in [0.05, 0.1) is 5.92 Å². The van der Waals surface area contributed by atoms with Crippen LogP contribution in [0.5, 0.6) is 0 Å². The quantitative estimate of drug-likeness (QED) is 0.862. The highest BCUT2D eigenvalue weighted by atomic mass is 32.1. The Labute approximate surface area is 123 Å². The molecule has 1 fully saturated rings. The zero-order valence-corrected chi connectivity index (χ0v) is 12.9. The van der Waals surface area contributed by atoms with Crippen molar-refractivity contribution in [2.75, 3.05) is 13.1 Å². The largest absolute Gasteiger partial charge is 0.339 e. The molecule has 5 heteroatoms. The smallest absolute Gasteiger partial charge is 0.231 e. The minimum atomic E-state index is 0.331. The Morgan fingerprint density at radius 2 is 2.40 bits per heavy atom. The molecule has 0 aliphatic carbocycles. The molecule has 2 aromatic heterocycles. The molecule has 2 aromatic rings. The van der Waals surface area contributed by atoms with Crippen LogP contribution >= 0.6 is 11.3 Å². The first kappa shape index (κ1) is 13.8. The fourth-order valence-corrected chi connectivity index (χ4v) is 3.35. The molecule has 0 saturated carbocycles. The van der Waals surface area contributed by atoms with Crippen molar-refractivity contribution in [1.82, 2.24) is 15.0 Å². The molecule has 0 unspecified atom stereocenters. The highest BCUT2D eigenvalue weighted by Gasteiger charge is 2.26. The van der Waals surface area contributed by atoms with E-state index in [1.165, 1.54) is 12.0 Å². The Kier molecular flexibility index (Phi) is 4.17. The second-order valence-electron chi connectivity index (χ2n) is 5.85. The first-order valence-electron chi connectivity index (χ1n) is 7.29. The second-order valence-corrected chi connectivity index (χ2v) is 6.63. The third-order valence-corrected chi connectivity index (χ3v) is 4.55. The van der Waals surface area contributed by atoms with Crippen LogP contribution in [0.4, 0.5) is 0 Å². The van der Waals surface area contributed by atoms with Crippen LogP contribution in [0.3, 0.4) is 0 Å². The summed E-state index contributed by atoms with van der Waals surface area (Å²) in [5.41, 5.74) is 1.41. The lowest BCUT2D eigenvalue weighted by Gasteiger charge is -2.30. The summed E-state index contributed by atoms with van der Waals surface area (Å²) < 4.78 is 5.46.